The summed E-state index contributed by atoms with van der Waals surface area (Å²) in [5.41, 5.74) is 0. The molecule has 0 saturated carbocycles. The number of likely N-dealkylation sites (tertiary alicyclic amines) is 2. The van der Waals surface area contributed by atoms with Crippen LogP contribution in [0.3, 0.4) is 0 Å². The number of hydrogen-bond donors (Lipinski definition) is 1. The number of carbonyl (C=O) groups excluding carboxylic acids is 2. The van der Waals surface area contributed by atoms with Crippen LogP contribution in [0.1, 0.15) is 46.0 Å². The summed E-state index contributed by atoms with van der Waals surface area (Å²) < 4.78 is 5.16. The second-order valence-electron chi connectivity index (χ2n) is 8.03. The third-order valence-corrected chi connectivity index (χ3v) is 5.70. The molecule has 2 fully saturated rings. The Bertz CT molecular complexity index is 565. The number of hydrogen-bond acceptors (Lipinski definition) is 5. The van der Waals surface area contributed by atoms with Gasteiger partial charge < -0.3 is 19.9 Å². The Morgan fingerprint density at radius 1 is 1.13 bits per heavy atom. The van der Waals surface area contributed by atoms with Crippen molar-refractivity contribution >= 4 is 41.8 Å². The summed E-state index contributed by atoms with van der Waals surface area (Å²) >= 11 is 0. The SMILES string of the molecule is CCNC(=NCCCN1CCCC1C(=O)N(C)C)N1CCC(C(=O)OCC)CC1.I. The quantitative estimate of drug-likeness (QED) is 0.167. The predicted octanol–water partition coefficient (Wildman–Crippen LogP) is 1.79. The Labute approximate surface area is 198 Å². The number of ether oxygens (including phenoxy) is 1. The van der Waals surface area contributed by atoms with Gasteiger partial charge in [-0.05, 0) is 52.5 Å². The van der Waals surface area contributed by atoms with Crippen molar-refractivity contribution in [2.24, 2.45) is 10.9 Å². The average Bonchev–Trinajstić information content (AvgIpc) is 3.18. The van der Waals surface area contributed by atoms with Crippen molar-refractivity contribution in [3.05, 3.63) is 0 Å². The summed E-state index contributed by atoms with van der Waals surface area (Å²) in [5, 5.41) is 3.38. The molecule has 0 aromatic rings. The molecule has 1 atom stereocenters. The summed E-state index contributed by atoms with van der Waals surface area (Å²) in [6.45, 7) is 9.46. The topological polar surface area (TPSA) is 77.5 Å². The fourth-order valence-electron chi connectivity index (χ4n) is 4.14. The molecule has 30 heavy (non-hydrogen) atoms. The minimum atomic E-state index is -0.0680. The first kappa shape index (κ1) is 26.9. The van der Waals surface area contributed by atoms with Gasteiger partial charge in [0, 0.05) is 46.8 Å². The van der Waals surface area contributed by atoms with Crippen molar-refractivity contribution in [1.82, 2.24) is 20.0 Å². The molecule has 0 aliphatic carbocycles. The van der Waals surface area contributed by atoms with Crippen LogP contribution in [0.25, 0.3) is 0 Å². The third kappa shape index (κ3) is 7.86. The monoisotopic (exact) mass is 537 g/mol. The molecule has 1 N–H and O–H groups in total. The number of halogens is 1. The van der Waals surface area contributed by atoms with Crippen LogP contribution in [-0.4, -0.2) is 98.5 Å². The first-order valence-corrected chi connectivity index (χ1v) is 11.1. The van der Waals surface area contributed by atoms with Crippen LogP contribution in [0.15, 0.2) is 4.99 Å². The standard InChI is InChI=1S/C21H39N5O3.HI/c1-5-22-21(26-15-10-17(11-16-26)20(28)29-6-2)23-12-8-14-25-13-7-9-18(25)19(27)24(3)4;/h17-18H,5-16H2,1-4H3,(H,22,23);1H. The van der Waals surface area contributed by atoms with E-state index in [0.29, 0.717) is 6.61 Å². The van der Waals surface area contributed by atoms with Crippen molar-refractivity contribution in [2.75, 3.05) is 60.0 Å². The van der Waals surface area contributed by atoms with Gasteiger partial charge in [0.2, 0.25) is 5.91 Å². The Kier molecular flexibility index (Phi) is 12.6. The molecule has 0 bridgehead atoms. The largest absolute Gasteiger partial charge is 0.466 e. The van der Waals surface area contributed by atoms with E-state index in [1.54, 1.807) is 4.90 Å². The average molecular weight is 537 g/mol. The number of esters is 1. The lowest BCUT2D eigenvalue weighted by molar-refractivity contribution is -0.149. The minimum Gasteiger partial charge on any atom is -0.466 e. The molecule has 2 aliphatic rings. The molecule has 2 saturated heterocycles. The molecular formula is C21H40IN5O3. The smallest absolute Gasteiger partial charge is 0.309 e. The molecular weight excluding hydrogens is 497 g/mol. The zero-order valence-corrected chi connectivity index (χ0v) is 21.4. The number of nitrogens with one attached hydrogen (secondary N) is 1. The van der Waals surface area contributed by atoms with E-state index >= 15 is 0 Å². The summed E-state index contributed by atoms with van der Waals surface area (Å²) in [7, 11) is 3.66. The van der Waals surface area contributed by atoms with Gasteiger partial charge in [-0.1, -0.05) is 0 Å². The van der Waals surface area contributed by atoms with Crippen LogP contribution in [0.5, 0.6) is 0 Å². The summed E-state index contributed by atoms with van der Waals surface area (Å²) in [6.07, 6.45) is 4.60. The molecule has 9 heteroatoms. The van der Waals surface area contributed by atoms with Gasteiger partial charge in [0.25, 0.3) is 0 Å². The highest BCUT2D eigenvalue weighted by molar-refractivity contribution is 14.0. The first-order valence-electron chi connectivity index (χ1n) is 11.1. The van der Waals surface area contributed by atoms with Crippen LogP contribution in [0, 0.1) is 5.92 Å². The number of piperidine rings is 1. The highest BCUT2D eigenvalue weighted by Crippen LogP contribution is 2.20. The zero-order chi connectivity index (χ0) is 21.2. The van der Waals surface area contributed by atoms with Crippen molar-refractivity contribution < 1.29 is 14.3 Å². The number of carbonyl (C=O) groups is 2. The van der Waals surface area contributed by atoms with E-state index < -0.39 is 0 Å². The minimum absolute atomic E-state index is 0. The van der Waals surface area contributed by atoms with Crippen LogP contribution in [0.4, 0.5) is 0 Å². The highest BCUT2D eigenvalue weighted by Gasteiger charge is 2.31. The molecule has 2 heterocycles. The van der Waals surface area contributed by atoms with Crippen LogP contribution >= 0.6 is 24.0 Å². The molecule has 0 aromatic carbocycles. The van der Waals surface area contributed by atoms with E-state index in [2.05, 4.69) is 22.0 Å². The van der Waals surface area contributed by atoms with Gasteiger partial charge in [-0.15, -0.1) is 24.0 Å². The van der Waals surface area contributed by atoms with E-state index in [-0.39, 0.29) is 47.8 Å². The molecule has 1 unspecified atom stereocenters. The Morgan fingerprint density at radius 2 is 1.83 bits per heavy atom. The lowest BCUT2D eigenvalue weighted by Gasteiger charge is -2.33. The number of aliphatic imine (C=N–C) groups is 1. The first-order chi connectivity index (χ1) is 14.0. The molecule has 1 amide bonds. The maximum absolute atomic E-state index is 12.3. The molecule has 174 valence electrons. The fourth-order valence-corrected chi connectivity index (χ4v) is 4.14. The van der Waals surface area contributed by atoms with Crippen LogP contribution in [-0.2, 0) is 14.3 Å². The van der Waals surface area contributed by atoms with Gasteiger partial charge in [-0.25, -0.2) is 0 Å². The van der Waals surface area contributed by atoms with Gasteiger partial charge in [0.1, 0.15) is 0 Å². The van der Waals surface area contributed by atoms with Gasteiger partial charge in [0.05, 0.1) is 18.6 Å². The Hall–Kier alpha value is -1.10. The molecule has 2 aliphatic heterocycles. The zero-order valence-electron chi connectivity index (χ0n) is 19.1. The van der Waals surface area contributed by atoms with E-state index in [4.69, 9.17) is 9.73 Å². The maximum atomic E-state index is 12.3. The van der Waals surface area contributed by atoms with Gasteiger partial charge in [0.15, 0.2) is 5.96 Å². The summed E-state index contributed by atoms with van der Waals surface area (Å²) in [6, 6.07) is 0.0316. The highest BCUT2D eigenvalue weighted by atomic mass is 127. The van der Waals surface area contributed by atoms with Crippen LogP contribution < -0.4 is 5.32 Å². The third-order valence-electron chi connectivity index (χ3n) is 5.70. The molecule has 0 aromatic heterocycles. The normalized spacial score (nSPS) is 20.6. The van der Waals surface area contributed by atoms with Gasteiger partial charge in [-0.2, -0.15) is 0 Å². The molecule has 0 spiro atoms. The van der Waals surface area contributed by atoms with Crippen molar-refractivity contribution in [2.45, 2.75) is 52.0 Å². The van der Waals surface area contributed by atoms with E-state index in [1.807, 2.05) is 21.0 Å². The number of amides is 1. The maximum Gasteiger partial charge on any atom is 0.309 e. The van der Waals surface area contributed by atoms with Gasteiger partial charge >= 0.3 is 5.97 Å². The number of rotatable bonds is 8. The lowest BCUT2D eigenvalue weighted by Crippen LogP contribution is -2.47. The van der Waals surface area contributed by atoms with E-state index in [9.17, 15) is 9.59 Å². The predicted molar refractivity (Wildman–Crippen MR) is 130 cm³/mol. The van der Waals surface area contributed by atoms with Gasteiger partial charge in [-0.3, -0.25) is 19.5 Å². The van der Waals surface area contributed by atoms with Crippen molar-refractivity contribution in [3.8, 4) is 0 Å². The Balaban J connectivity index is 0.00000450. The molecule has 8 nitrogen and oxygen atoms in total. The second kappa shape index (κ2) is 14.1. The molecule has 0 radical (unpaired) electrons. The fraction of sp³-hybridized carbons (Fsp3) is 0.857. The Morgan fingerprint density at radius 3 is 2.43 bits per heavy atom. The number of guanidine groups is 1. The molecule has 2 rings (SSSR count). The lowest BCUT2D eigenvalue weighted by atomic mass is 9.97. The summed E-state index contributed by atoms with van der Waals surface area (Å²) in [4.78, 5) is 35.3. The van der Waals surface area contributed by atoms with E-state index in [0.717, 1.165) is 77.3 Å². The number of nitrogens with zero attached hydrogens (tertiary/aromatic N) is 4. The van der Waals surface area contributed by atoms with Crippen LogP contribution in [0.2, 0.25) is 0 Å². The van der Waals surface area contributed by atoms with Crippen molar-refractivity contribution in [3.63, 3.8) is 0 Å². The van der Waals surface area contributed by atoms with Crippen molar-refractivity contribution in [1.29, 1.82) is 0 Å². The second-order valence-corrected chi connectivity index (χ2v) is 8.03. The van der Waals surface area contributed by atoms with E-state index in [1.165, 1.54) is 0 Å². The summed E-state index contributed by atoms with van der Waals surface area (Å²) in [5.74, 6) is 1.08. The number of likely N-dealkylation sites (N-methyl/N-ethyl adjacent to an activating group) is 1.